The first kappa shape index (κ1) is 12.6. The second-order valence-electron chi connectivity index (χ2n) is 4.40. The summed E-state index contributed by atoms with van der Waals surface area (Å²) >= 11 is 5.83. The van der Waals surface area contributed by atoms with E-state index in [1.165, 1.54) is 12.1 Å². The van der Waals surface area contributed by atoms with Crippen LogP contribution in [-0.2, 0) is 0 Å². The van der Waals surface area contributed by atoms with Crippen LogP contribution in [0, 0.1) is 5.82 Å². The van der Waals surface area contributed by atoms with Crippen molar-refractivity contribution >= 4 is 29.2 Å². The van der Waals surface area contributed by atoms with Crippen LogP contribution in [0.4, 0.5) is 10.1 Å². The van der Waals surface area contributed by atoms with Gasteiger partial charge >= 0.3 is 0 Å². The van der Waals surface area contributed by atoms with E-state index in [9.17, 15) is 4.39 Å². The summed E-state index contributed by atoms with van der Waals surface area (Å²) in [6.45, 7) is 3.58. The molecule has 0 radical (unpaired) electrons. The molecule has 5 nitrogen and oxygen atoms in total. The van der Waals surface area contributed by atoms with Gasteiger partial charge in [-0.1, -0.05) is 11.6 Å². The molecular formula is C11H13ClFN5. The number of nitrogens with two attached hydrogens (primary N) is 2. The zero-order chi connectivity index (χ0) is 13.5. The van der Waals surface area contributed by atoms with Gasteiger partial charge in [-0.15, -0.1) is 0 Å². The fraction of sp³-hybridized carbons (Fsp3) is 0.273. The van der Waals surface area contributed by atoms with Crippen LogP contribution in [0.1, 0.15) is 13.8 Å². The second-order valence-corrected chi connectivity index (χ2v) is 4.83. The Balaban J connectivity index is 2.53. The van der Waals surface area contributed by atoms with Gasteiger partial charge in [0.25, 0.3) is 0 Å². The Labute approximate surface area is 109 Å². The second kappa shape index (κ2) is 4.13. The maximum atomic E-state index is 13.4. The van der Waals surface area contributed by atoms with Gasteiger partial charge in [0.1, 0.15) is 11.5 Å². The van der Waals surface area contributed by atoms with Crippen molar-refractivity contribution in [1.29, 1.82) is 0 Å². The van der Waals surface area contributed by atoms with Crippen LogP contribution in [0.2, 0.25) is 5.02 Å². The molecule has 0 saturated heterocycles. The Morgan fingerprint density at radius 1 is 1.28 bits per heavy atom. The van der Waals surface area contributed by atoms with E-state index in [1.54, 1.807) is 24.8 Å². The lowest BCUT2D eigenvalue weighted by molar-refractivity contribution is 0.532. The van der Waals surface area contributed by atoms with Crippen LogP contribution in [-0.4, -0.2) is 17.6 Å². The first-order valence-corrected chi connectivity index (χ1v) is 5.63. The van der Waals surface area contributed by atoms with Gasteiger partial charge in [0.05, 0.1) is 5.69 Å². The number of hydrogen-bond donors (Lipinski definition) is 2. The molecule has 0 saturated carbocycles. The molecule has 0 aromatic heterocycles. The number of benzene rings is 1. The Morgan fingerprint density at radius 2 is 1.94 bits per heavy atom. The Bertz CT molecular complexity index is 532. The molecule has 0 bridgehead atoms. The van der Waals surface area contributed by atoms with E-state index >= 15 is 0 Å². The minimum Gasteiger partial charge on any atom is -0.369 e. The van der Waals surface area contributed by atoms with E-state index < -0.39 is 11.5 Å². The van der Waals surface area contributed by atoms with Gasteiger partial charge < -0.3 is 11.5 Å². The number of nitrogens with zero attached hydrogens (tertiary/aromatic N) is 3. The summed E-state index contributed by atoms with van der Waals surface area (Å²) in [5, 5.41) is 0.274. The van der Waals surface area contributed by atoms with Crippen molar-refractivity contribution in [3.05, 3.63) is 29.0 Å². The quantitative estimate of drug-likeness (QED) is 0.814. The van der Waals surface area contributed by atoms with E-state index in [2.05, 4.69) is 9.98 Å². The predicted molar refractivity (Wildman–Crippen MR) is 71.2 cm³/mol. The molecule has 0 spiro atoms. The number of aliphatic imine (C=N–C) groups is 2. The third kappa shape index (κ3) is 2.24. The average molecular weight is 270 g/mol. The maximum absolute atomic E-state index is 13.4. The highest BCUT2D eigenvalue weighted by Gasteiger charge is 2.33. The van der Waals surface area contributed by atoms with E-state index in [1.807, 2.05) is 0 Å². The zero-order valence-corrected chi connectivity index (χ0v) is 10.7. The normalized spacial score (nSPS) is 18.3. The van der Waals surface area contributed by atoms with Gasteiger partial charge in [-0.3, -0.25) is 4.90 Å². The molecule has 4 N–H and O–H groups in total. The van der Waals surface area contributed by atoms with Gasteiger partial charge in [-0.25, -0.2) is 9.38 Å². The topological polar surface area (TPSA) is 80.0 Å². The highest BCUT2D eigenvalue weighted by atomic mass is 35.5. The lowest BCUT2D eigenvalue weighted by atomic mass is 10.1. The van der Waals surface area contributed by atoms with Crippen molar-refractivity contribution in [2.24, 2.45) is 21.5 Å². The summed E-state index contributed by atoms with van der Waals surface area (Å²) in [7, 11) is 0. The maximum Gasteiger partial charge on any atom is 0.220 e. The largest absolute Gasteiger partial charge is 0.369 e. The molecule has 0 aliphatic carbocycles. The Morgan fingerprint density at radius 3 is 2.50 bits per heavy atom. The molecule has 1 aliphatic rings. The molecule has 7 heteroatoms. The fourth-order valence-electron chi connectivity index (χ4n) is 1.92. The van der Waals surface area contributed by atoms with Gasteiger partial charge in [-0.05, 0) is 32.0 Å². The molecule has 0 unspecified atom stereocenters. The zero-order valence-electron chi connectivity index (χ0n) is 9.98. The monoisotopic (exact) mass is 269 g/mol. The number of guanidine groups is 2. The number of rotatable bonds is 1. The molecule has 1 aromatic rings. The van der Waals surface area contributed by atoms with E-state index in [-0.39, 0.29) is 16.9 Å². The number of halogens is 2. The summed E-state index contributed by atoms with van der Waals surface area (Å²) < 4.78 is 13.4. The fourth-order valence-corrected chi connectivity index (χ4v) is 2.14. The highest BCUT2D eigenvalue weighted by Crippen LogP contribution is 2.29. The van der Waals surface area contributed by atoms with E-state index in [0.29, 0.717) is 5.69 Å². The molecule has 2 rings (SSSR count). The first-order chi connectivity index (χ1) is 8.29. The molecule has 1 aliphatic heterocycles. The van der Waals surface area contributed by atoms with Crippen molar-refractivity contribution in [2.45, 2.75) is 19.5 Å². The van der Waals surface area contributed by atoms with Crippen LogP contribution in [0.15, 0.2) is 28.2 Å². The third-order valence-electron chi connectivity index (χ3n) is 2.50. The van der Waals surface area contributed by atoms with E-state index in [0.717, 1.165) is 0 Å². The predicted octanol–water partition coefficient (Wildman–Crippen LogP) is 1.66. The van der Waals surface area contributed by atoms with Crippen LogP contribution in [0.3, 0.4) is 0 Å². The van der Waals surface area contributed by atoms with Gasteiger partial charge in [0.2, 0.25) is 11.9 Å². The minimum absolute atomic E-state index is 0.0938. The van der Waals surface area contributed by atoms with Gasteiger partial charge in [-0.2, -0.15) is 4.99 Å². The number of anilines is 1. The van der Waals surface area contributed by atoms with Gasteiger partial charge in [0, 0.05) is 5.02 Å². The standard InChI is InChI=1S/C11H13ClFN5/c1-11(2)17-9(14)16-10(15)18(11)8-4-6(12)3-7(13)5-8/h3-5H,1-2H3,(H4,14,15,16,17). The molecule has 1 heterocycles. The summed E-state index contributed by atoms with van der Waals surface area (Å²) in [5.41, 5.74) is 11.1. The lowest BCUT2D eigenvalue weighted by Crippen LogP contribution is -2.54. The highest BCUT2D eigenvalue weighted by molar-refractivity contribution is 6.31. The molecule has 18 heavy (non-hydrogen) atoms. The average Bonchev–Trinajstić information content (AvgIpc) is 2.11. The van der Waals surface area contributed by atoms with E-state index in [4.69, 9.17) is 23.1 Å². The molecule has 1 aromatic carbocycles. The van der Waals surface area contributed by atoms with Crippen LogP contribution in [0.25, 0.3) is 0 Å². The Kier molecular flexibility index (Phi) is 2.90. The molecule has 0 amide bonds. The minimum atomic E-state index is -0.757. The Hall–Kier alpha value is -1.82. The first-order valence-electron chi connectivity index (χ1n) is 5.25. The SMILES string of the molecule is CC1(C)N=C(N)N=C(N)N1c1cc(F)cc(Cl)c1. The molecule has 0 atom stereocenters. The van der Waals surface area contributed by atoms with Crippen molar-refractivity contribution in [3.63, 3.8) is 0 Å². The summed E-state index contributed by atoms with van der Waals surface area (Å²) in [4.78, 5) is 9.62. The van der Waals surface area contributed by atoms with Crippen molar-refractivity contribution < 1.29 is 4.39 Å². The molecule has 0 fully saturated rings. The summed E-state index contributed by atoms with van der Waals surface area (Å²) in [5.74, 6) is -0.214. The summed E-state index contributed by atoms with van der Waals surface area (Å²) in [6.07, 6.45) is 0. The van der Waals surface area contributed by atoms with Crippen LogP contribution < -0.4 is 16.4 Å². The molecule has 96 valence electrons. The third-order valence-corrected chi connectivity index (χ3v) is 2.72. The van der Waals surface area contributed by atoms with Crippen molar-refractivity contribution in [3.8, 4) is 0 Å². The lowest BCUT2D eigenvalue weighted by Gasteiger charge is -2.38. The van der Waals surface area contributed by atoms with Crippen LogP contribution >= 0.6 is 11.6 Å². The molecular weight excluding hydrogens is 257 g/mol. The smallest absolute Gasteiger partial charge is 0.220 e. The van der Waals surface area contributed by atoms with Crippen LogP contribution in [0.5, 0.6) is 0 Å². The van der Waals surface area contributed by atoms with Crippen molar-refractivity contribution in [2.75, 3.05) is 4.90 Å². The van der Waals surface area contributed by atoms with Crippen molar-refractivity contribution in [1.82, 2.24) is 0 Å². The van der Waals surface area contributed by atoms with Gasteiger partial charge in [0.15, 0.2) is 0 Å². The summed E-state index contributed by atoms with van der Waals surface area (Å²) in [6, 6.07) is 4.12. The number of hydrogen-bond acceptors (Lipinski definition) is 5.